The number of carbonyl (C=O) groups is 3. The first-order chi connectivity index (χ1) is 54.5. The second kappa shape index (κ2) is 39.8. The topological polar surface area (TPSA) is 231 Å². The average Bonchev–Trinajstić information content (AvgIpc) is 1.75. The van der Waals surface area contributed by atoms with Crippen LogP contribution in [0.15, 0.2) is 268 Å². The first kappa shape index (κ1) is 87.9. The van der Waals surface area contributed by atoms with Gasteiger partial charge >= 0.3 is 6.18 Å². The monoisotopic (exact) mass is 1660 g/mol. The van der Waals surface area contributed by atoms with E-state index in [2.05, 4.69) is 24.1 Å². The first-order valence-corrected chi connectivity index (χ1v) is 36.9. The number of hydrogen-bond acceptors (Lipinski definition) is 16. The zero-order chi connectivity index (χ0) is 79.3. The van der Waals surface area contributed by atoms with E-state index in [1.807, 2.05) is 60.7 Å². The lowest BCUT2D eigenvalue weighted by atomic mass is 9.98. The lowest BCUT2D eigenvalue weighted by Crippen LogP contribution is -2.36. The molecule has 0 saturated carbocycles. The lowest BCUT2D eigenvalue weighted by Gasteiger charge is -2.34. The molecule has 0 radical (unpaired) electrons. The van der Waals surface area contributed by atoms with Gasteiger partial charge in [0.25, 0.3) is 11.8 Å². The van der Waals surface area contributed by atoms with Gasteiger partial charge in [0.15, 0.2) is 0 Å². The van der Waals surface area contributed by atoms with Crippen molar-refractivity contribution >= 4 is 92.3 Å². The van der Waals surface area contributed by atoms with E-state index in [9.17, 15) is 52.4 Å². The molecule has 9 heterocycles. The van der Waals surface area contributed by atoms with Crippen molar-refractivity contribution in [2.75, 3.05) is 13.1 Å². The first-order valence-electron chi connectivity index (χ1n) is 34.9. The fraction of sp³-hybridized carbons (Fsp3) is 0.157. The number of aromatic nitrogens is 5. The van der Waals surface area contributed by atoms with E-state index in [0.717, 1.165) is 56.5 Å². The second-order valence-electron chi connectivity index (χ2n) is 25.6. The Morgan fingerprint density at radius 3 is 1.71 bits per heavy atom. The predicted molar refractivity (Wildman–Crippen MR) is 450 cm³/mol. The van der Waals surface area contributed by atoms with Crippen LogP contribution in [0.25, 0.3) is 22.8 Å². The number of aromatic hydroxyl groups is 4. The van der Waals surface area contributed by atoms with Crippen molar-refractivity contribution in [3.05, 3.63) is 350 Å². The molecule has 0 spiro atoms. The number of aryl methyl sites for hydroxylation is 1. The van der Waals surface area contributed by atoms with Crippen LogP contribution < -0.4 is 18.9 Å². The fourth-order valence-electron chi connectivity index (χ4n) is 12.5. The number of rotatable bonds is 14. The highest BCUT2D eigenvalue weighted by molar-refractivity contribution is 7.80. The zero-order valence-electron chi connectivity index (χ0n) is 59.8. The third-order valence-electron chi connectivity index (χ3n) is 18.0. The van der Waals surface area contributed by atoms with Gasteiger partial charge in [-0.2, -0.15) is 13.2 Å². The van der Waals surface area contributed by atoms with E-state index >= 15 is 0 Å². The van der Waals surface area contributed by atoms with Gasteiger partial charge in [0.1, 0.15) is 105 Å². The molecule has 3 amide bonds. The molecule has 12 aromatic rings. The molecule has 0 atom stereocenters. The summed E-state index contributed by atoms with van der Waals surface area (Å²) in [5.41, 5.74) is 9.14. The van der Waals surface area contributed by atoms with Crippen LogP contribution in [-0.2, 0) is 50.0 Å². The normalized spacial score (nSPS) is 14.5. The number of thiocarbonyl (C=S) groups is 1. The predicted octanol–water partition coefficient (Wildman–Crippen LogP) is 20.5. The number of pyridine rings is 1. The summed E-state index contributed by atoms with van der Waals surface area (Å²) < 4.78 is 80.7. The van der Waals surface area contributed by atoms with Gasteiger partial charge in [-0.15, -0.1) is 11.3 Å². The maximum atomic E-state index is 13.7. The maximum Gasteiger partial charge on any atom is 0.416 e. The van der Waals surface area contributed by atoms with Gasteiger partial charge in [0.2, 0.25) is 5.91 Å². The lowest BCUT2D eigenvalue weighted by molar-refractivity contribution is -0.137. The summed E-state index contributed by atoms with van der Waals surface area (Å²) in [6.45, 7) is 4.74. The number of fused-ring (bicyclic) bond motifs is 4. The van der Waals surface area contributed by atoms with Crippen molar-refractivity contribution in [3.63, 3.8) is 0 Å². The maximum absolute atomic E-state index is 13.7. The molecule has 4 aliphatic rings. The molecule has 4 N–H and O–H groups in total. The van der Waals surface area contributed by atoms with E-state index in [0.29, 0.717) is 110 Å². The van der Waals surface area contributed by atoms with Gasteiger partial charge in [0, 0.05) is 79.5 Å². The van der Waals surface area contributed by atoms with Gasteiger partial charge in [-0.1, -0.05) is 95.5 Å². The van der Waals surface area contributed by atoms with Gasteiger partial charge in [-0.25, -0.2) is 4.39 Å². The summed E-state index contributed by atoms with van der Waals surface area (Å²) >= 11 is 19.0. The molecule has 0 bridgehead atoms. The van der Waals surface area contributed by atoms with Crippen LogP contribution in [0.2, 0.25) is 9.36 Å². The van der Waals surface area contributed by atoms with Crippen LogP contribution in [0, 0.1) is 12.7 Å². The van der Waals surface area contributed by atoms with Gasteiger partial charge in [0.05, 0.1) is 57.1 Å². The number of hydrogen-bond donors (Lipinski definition) is 4. The molecule has 0 fully saturated rings. The average molecular weight is 1670 g/mol. The summed E-state index contributed by atoms with van der Waals surface area (Å²) in [5.74, 6) is 1.83. The molecule has 20 nitrogen and oxygen atoms in total. The summed E-state index contributed by atoms with van der Waals surface area (Å²) in [6.07, 6.45) is 12.7. The number of amides is 3. The fourth-order valence-corrected chi connectivity index (χ4v) is 14.0. The Hall–Kier alpha value is -13.0. The Labute approximate surface area is 694 Å². The van der Waals surface area contributed by atoms with Crippen molar-refractivity contribution in [2.45, 2.75) is 81.8 Å². The molecule has 28 heteroatoms. The van der Waals surface area contributed by atoms with Gasteiger partial charge in [-0.3, -0.25) is 29.3 Å². The van der Waals surface area contributed by atoms with E-state index in [-0.39, 0.29) is 94.9 Å². The van der Waals surface area contributed by atoms with E-state index in [1.165, 1.54) is 83.4 Å². The van der Waals surface area contributed by atoms with Crippen molar-refractivity contribution in [2.24, 2.45) is 0 Å². The molecule has 7 aromatic carbocycles. The number of nitrogens with zero attached hydrogens (tertiary/aromatic N) is 9. The highest BCUT2D eigenvalue weighted by Gasteiger charge is 2.35. The second-order valence-corrected chi connectivity index (χ2v) is 28.3. The van der Waals surface area contributed by atoms with E-state index in [1.54, 1.807) is 150 Å². The molecular weight excluding hydrogens is 1580 g/mol. The molecule has 117 heavy (non-hydrogen) atoms. The number of phenolic OH excluding ortho intramolecular Hbond substituents is 4. The van der Waals surface area contributed by atoms with Crippen LogP contribution >= 0.6 is 46.8 Å². The van der Waals surface area contributed by atoms with Crippen LogP contribution in [-0.4, -0.2) is 99.9 Å². The Morgan fingerprint density at radius 2 is 1.12 bits per heavy atom. The number of halogens is 6. The SMILES string of the molecule is C.C.C.C.Cc1ccn2c1C(=COc1ccc(O)cc1)N(Cc1cccc(F)c1)C(=S)C2.O=C(c1ccc(Cl)s1)N1CCn2cccc2C1=COc1ccc(O)cc1.O=C(c1cccc(Cl)c1)N1CCc2cnccc2C1=COc1ccc(O)cc1.O=C1Cc2nccnc2C(=COc2ccc(O)cc2)N1Cc1cccc(C(F)(F)F)c1. The standard InChI is InChI=1S/C22H17ClN2O3.C22H16F3N3O3.C22H19FN2O2S.C19H15ClN2O3S.4CH4/c23-17-3-1-2-15(12-17)22(27)25-11-9-16-13-24-10-8-20(16)21(25)14-28-19-6-4-18(26)5-7-19;23-22(24,25)15-3-1-2-14(10-15)12-28-19(13-31-17-6-4-16(29)5-7-17)21-18(11-20(28)30)26-8-9-27-21;1-15-9-10-24-13-21(28)25(12-16-3-2-4-17(23)11-16)20(22(15)24)14-27-19-7-5-18(26)6-8-19;20-18-8-7-17(26-18)19(24)22-11-10-21-9-1-2-15(21)16(22)12-25-14-5-3-13(23)4-6-14;;;;/h1-8,10,12-14,26H,9,11H2;1-10,13,29H,11-12H2;2-11,14,26H,12-13H2,1H3;1-9,12,23H,10-11H2;4*1H4. The third kappa shape index (κ3) is 21.9. The molecule has 604 valence electrons. The smallest absolute Gasteiger partial charge is 0.416 e. The zero-order valence-corrected chi connectivity index (χ0v) is 63.0. The summed E-state index contributed by atoms with van der Waals surface area (Å²) in [6, 6.07) is 54.8. The van der Waals surface area contributed by atoms with Crippen LogP contribution in [0.5, 0.6) is 46.0 Å². The molecule has 0 saturated heterocycles. The van der Waals surface area contributed by atoms with Crippen LogP contribution in [0.4, 0.5) is 17.6 Å². The Balaban J connectivity index is 0.000000176. The minimum Gasteiger partial charge on any atom is -0.508 e. The van der Waals surface area contributed by atoms with Gasteiger partial charge in [-0.05, 0) is 212 Å². The van der Waals surface area contributed by atoms with Gasteiger partial charge < -0.3 is 68.1 Å². The minimum atomic E-state index is -4.49. The molecule has 16 rings (SSSR count). The molecule has 5 aromatic heterocycles. The Kier molecular flexibility index (Phi) is 29.9. The molecule has 4 aliphatic heterocycles. The highest BCUT2D eigenvalue weighted by Crippen LogP contribution is 2.38. The highest BCUT2D eigenvalue weighted by atomic mass is 35.5. The summed E-state index contributed by atoms with van der Waals surface area (Å²) in [4.78, 5) is 59.6. The summed E-state index contributed by atoms with van der Waals surface area (Å²) in [5, 5.41) is 38.2. The quantitative estimate of drug-likeness (QED) is 0.0450. The number of alkyl halides is 3. The van der Waals surface area contributed by atoms with Crippen molar-refractivity contribution in [3.8, 4) is 46.0 Å². The summed E-state index contributed by atoms with van der Waals surface area (Å²) in [7, 11) is 0. The number of thiophene rings is 1. The number of carbonyl (C=O) groups excluding carboxylic acids is 3. The molecule has 0 aliphatic carbocycles. The van der Waals surface area contributed by atoms with Crippen LogP contribution in [0.1, 0.15) is 106 Å². The van der Waals surface area contributed by atoms with E-state index < -0.39 is 11.7 Å². The van der Waals surface area contributed by atoms with Crippen molar-refractivity contribution in [1.29, 1.82) is 0 Å². The number of benzene rings is 7. The third-order valence-corrected chi connectivity index (χ3v) is 19.8. The van der Waals surface area contributed by atoms with Crippen molar-refractivity contribution in [1.82, 2.24) is 43.7 Å². The molecular formula is C89H83Cl2F4N9O11S2. The number of phenols is 4. The Morgan fingerprint density at radius 1 is 0.564 bits per heavy atom. The number of ether oxygens (including phenoxy) is 4. The largest absolute Gasteiger partial charge is 0.508 e. The van der Waals surface area contributed by atoms with E-state index in [4.69, 9.17) is 54.4 Å². The molecule has 0 unspecified atom stereocenters. The van der Waals surface area contributed by atoms with Crippen LogP contribution in [0.3, 0.4) is 0 Å². The minimum absolute atomic E-state index is 0. The van der Waals surface area contributed by atoms with Crippen molar-refractivity contribution < 1.29 is 71.3 Å². The Bertz CT molecular complexity index is 5600.